The molecule has 0 saturated heterocycles. The molecule has 4 heteroatoms. The van der Waals surface area contributed by atoms with Crippen molar-refractivity contribution in [3.05, 3.63) is 0 Å². The van der Waals surface area contributed by atoms with Crippen LogP contribution in [0.25, 0.3) is 0 Å². The van der Waals surface area contributed by atoms with Gasteiger partial charge in [-0.2, -0.15) is 0 Å². The summed E-state index contributed by atoms with van der Waals surface area (Å²) in [6.45, 7) is 1.05. The lowest BCUT2D eigenvalue weighted by Crippen LogP contribution is -2.37. The molecule has 0 unspecified atom stereocenters. The minimum Gasteiger partial charge on any atom is -0.530 e. The van der Waals surface area contributed by atoms with Crippen LogP contribution >= 0.6 is 0 Å². The average Bonchev–Trinajstić information content (AvgIpc) is 1.80. The van der Waals surface area contributed by atoms with Crippen molar-refractivity contribution in [2.45, 2.75) is 12.8 Å². The van der Waals surface area contributed by atoms with E-state index in [0.29, 0.717) is 13.1 Å². The summed E-state index contributed by atoms with van der Waals surface area (Å²) in [7, 11) is 0. The molecule has 0 spiro atoms. The summed E-state index contributed by atoms with van der Waals surface area (Å²) in [6, 6.07) is 0. The third-order valence-electron chi connectivity index (χ3n) is 0.900. The summed E-state index contributed by atoms with van der Waals surface area (Å²) in [5.74, 6) is 0. The third-order valence-corrected chi connectivity index (χ3v) is 0.900. The van der Waals surface area contributed by atoms with Crippen molar-refractivity contribution in [2.75, 3.05) is 13.1 Å². The van der Waals surface area contributed by atoms with E-state index < -0.39 is 6.09 Å². The molecule has 0 bridgehead atoms. The molecule has 0 aromatic heterocycles. The SMILES string of the molecule is NCCCCNC(=O)[O-]. The van der Waals surface area contributed by atoms with Gasteiger partial charge >= 0.3 is 0 Å². The van der Waals surface area contributed by atoms with E-state index in [1.807, 2.05) is 0 Å². The van der Waals surface area contributed by atoms with Crippen molar-refractivity contribution in [2.24, 2.45) is 5.73 Å². The minimum absolute atomic E-state index is 0.444. The fourth-order valence-electron chi connectivity index (χ4n) is 0.460. The maximum absolute atomic E-state index is 9.71. The second-order valence-corrected chi connectivity index (χ2v) is 1.71. The van der Waals surface area contributed by atoms with Crippen LogP contribution in [0.15, 0.2) is 0 Å². The van der Waals surface area contributed by atoms with Crippen molar-refractivity contribution in [3.63, 3.8) is 0 Å². The van der Waals surface area contributed by atoms with Gasteiger partial charge in [0.2, 0.25) is 0 Å². The Bertz CT molecular complexity index is 85.0. The van der Waals surface area contributed by atoms with Crippen LogP contribution in [0.3, 0.4) is 0 Å². The molecule has 0 aliphatic heterocycles. The lowest BCUT2D eigenvalue weighted by Gasteiger charge is -2.03. The summed E-state index contributed by atoms with van der Waals surface area (Å²) in [4.78, 5) is 9.71. The molecule has 0 heterocycles. The van der Waals surface area contributed by atoms with Crippen LogP contribution in [0, 0.1) is 0 Å². The van der Waals surface area contributed by atoms with Crippen LogP contribution in [-0.4, -0.2) is 19.2 Å². The zero-order chi connectivity index (χ0) is 7.11. The van der Waals surface area contributed by atoms with E-state index in [9.17, 15) is 9.90 Å². The Balaban J connectivity index is 2.83. The first kappa shape index (κ1) is 8.23. The number of nitrogens with two attached hydrogens (primary N) is 1. The van der Waals surface area contributed by atoms with E-state index in [0.717, 1.165) is 12.8 Å². The highest BCUT2D eigenvalue weighted by Crippen LogP contribution is 1.80. The zero-order valence-electron chi connectivity index (χ0n) is 5.22. The van der Waals surface area contributed by atoms with E-state index in [2.05, 4.69) is 5.32 Å². The molecule has 4 nitrogen and oxygen atoms in total. The van der Waals surface area contributed by atoms with Gasteiger partial charge in [-0.25, -0.2) is 0 Å². The maximum Gasteiger partial charge on any atom is 0.134 e. The van der Waals surface area contributed by atoms with Crippen LogP contribution in [0.5, 0.6) is 0 Å². The summed E-state index contributed by atoms with van der Waals surface area (Å²) in [5.41, 5.74) is 5.15. The summed E-state index contributed by atoms with van der Waals surface area (Å²) in [5, 5.41) is 11.8. The highest BCUT2D eigenvalue weighted by atomic mass is 16.4. The van der Waals surface area contributed by atoms with Crippen LogP contribution in [-0.2, 0) is 0 Å². The molecular formula is C5H11N2O2-. The topological polar surface area (TPSA) is 78.2 Å². The predicted octanol–water partition coefficient (Wildman–Crippen LogP) is -1.34. The summed E-state index contributed by atoms with van der Waals surface area (Å²) in [6.07, 6.45) is 0.414. The fourth-order valence-corrected chi connectivity index (χ4v) is 0.460. The predicted molar refractivity (Wildman–Crippen MR) is 31.7 cm³/mol. The van der Waals surface area contributed by atoms with Crippen LogP contribution in [0.2, 0.25) is 0 Å². The van der Waals surface area contributed by atoms with Gasteiger partial charge in [-0.05, 0) is 19.4 Å². The standard InChI is InChI=1S/C5H12N2O2/c6-3-1-2-4-7-5(8)9/h7H,1-4,6H2,(H,8,9)/p-1. The van der Waals surface area contributed by atoms with Gasteiger partial charge in [0.25, 0.3) is 0 Å². The molecule has 3 N–H and O–H groups in total. The molecule has 0 atom stereocenters. The molecule has 1 amide bonds. The van der Waals surface area contributed by atoms with Crippen LogP contribution in [0.1, 0.15) is 12.8 Å². The highest BCUT2D eigenvalue weighted by molar-refractivity contribution is 5.61. The monoisotopic (exact) mass is 131 g/mol. The summed E-state index contributed by atoms with van der Waals surface area (Å²) < 4.78 is 0. The van der Waals surface area contributed by atoms with E-state index in [-0.39, 0.29) is 0 Å². The number of rotatable bonds is 4. The van der Waals surface area contributed by atoms with E-state index >= 15 is 0 Å². The molecule has 54 valence electrons. The Morgan fingerprint density at radius 1 is 1.56 bits per heavy atom. The Morgan fingerprint density at radius 2 is 2.22 bits per heavy atom. The molecule has 0 aromatic rings. The van der Waals surface area contributed by atoms with Crippen molar-refractivity contribution < 1.29 is 9.90 Å². The molecule has 0 fully saturated rings. The van der Waals surface area contributed by atoms with Gasteiger partial charge < -0.3 is 21.0 Å². The normalized spacial score (nSPS) is 9.00. The smallest absolute Gasteiger partial charge is 0.134 e. The van der Waals surface area contributed by atoms with E-state index in [4.69, 9.17) is 5.73 Å². The molecule has 0 aromatic carbocycles. The number of amides is 1. The largest absolute Gasteiger partial charge is 0.530 e. The number of unbranched alkanes of at least 4 members (excludes halogenated alkanes) is 1. The maximum atomic E-state index is 9.71. The molecule has 0 aliphatic carbocycles. The lowest BCUT2D eigenvalue weighted by molar-refractivity contribution is -0.250. The molecule has 9 heavy (non-hydrogen) atoms. The molecule has 0 radical (unpaired) electrons. The Morgan fingerprint density at radius 3 is 2.67 bits per heavy atom. The number of hydrogen-bond donors (Lipinski definition) is 2. The number of carbonyl (C=O) groups is 1. The van der Waals surface area contributed by atoms with Crippen LogP contribution in [0.4, 0.5) is 4.79 Å². The van der Waals surface area contributed by atoms with Crippen molar-refractivity contribution in [1.29, 1.82) is 0 Å². The first-order chi connectivity index (χ1) is 4.27. The highest BCUT2D eigenvalue weighted by Gasteiger charge is 1.83. The Hall–Kier alpha value is -0.770. The van der Waals surface area contributed by atoms with E-state index in [1.165, 1.54) is 0 Å². The second kappa shape index (κ2) is 5.37. The Kier molecular flexibility index (Phi) is 4.91. The second-order valence-electron chi connectivity index (χ2n) is 1.71. The van der Waals surface area contributed by atoms with Gasteiger partial charge in [-0.15, -0.1) is 0 Å². The fraction of sp³-hybridized carbons (Fsp3) is 0.800. The van der Waals surface area contributed by atoms with Gasteiger partial charge in [0, 0.05) is 6.54 Å². The molecular weight excluding hydrogens is 120 g/mol. The summed E-state index contributed by atoms with van der Waals surface area (Å²) >= 11 is 0. The van der Waals surface area contributed by atoms with E-state index in [1.54, 1.807) is 0 Å². The Labute approximate surface area is 54.0 Å². The zero-order valence-corrected chi connectivity index (χ0v) is 5.22. The number of nitrogens with one attached hydrogen (secondary N) is 1. The molecule has 0 aliphatic rings. The molecule has 0 rings (SSSR count). The number of hydrogen-bond acceptors (Lipinski definition) is 3. The van der Waals surface area contributed by atoms with Gasteiger partial charge in [-0.1, -0.05) is 0 Å². The lowest BCUT2D eigenvalue weighted by atomic mass is 10.3. The van der Waals surface area contributed by atoms with Gasteiger partial charge in [-0.3, -0.25) is 0 Å². The van der Waals surface area contributed by atoms with Gasteiger partial charge in [0.05, 0.1) is 0 Å². The van der Waals surface area contributed by atoms with Crippen molar-refractivity contribution in [3.8, 4) is 0 Å². The van der Waals surface area contributed by atoms with Gasteiger partial charge in [0.15, 0.2) is 0 Å². The first-order valence-corrected chi connectivity index (χ1v) is 2.92. The van der Waals surface area contributed by atoms with Gasteiger partial charge in [0.1, 0.15) is 6.09 Å². The molecule has 0 saturated carbocycles. The first-order valence-electron chi connectivity index (χ1n) is 2.92. The quantitative estimate of drug-likeness (QED) is 0.463. The minimum atomic E-state index is -1.22. The average molecular weight is 131 g/mol. The van der Waals surface area contributed by atoms with Crippen LogP contribution < -0.4 is 16.2 Å². The number of carbonyl (C=O) groups excluding carboxylic acids is 1. The third kappa shape index (κ3) is 7.23. The number of carboxylic acid groups (broad SMARTS) is 1. The van der Waals surface area contributed by atoms with Crippen molar-refractivity contribution >= 4 is 6.09 Å². The van der Waals surface area contributed by atoms with Crippen molar-refractivity contribution in [1.82, 2.24) is 5.32 Å².